The minimum absolute atomic E-state index is 0.115. The number of fused-ring (bicyclic) bond motifs is 1. The average molecular weight is 1020 g/mol. The molecule has 5 heterocycles. The second kappa shape index (κ2) is 24.7. The number of ether oxygens (including phenoxy) is 2. The fraction of sp³-hybridized carbons (Fsp3) is 0.589. The zero-order valence-corrected chi connectivity index (χ0v) is 46.1. The van der Waals surface area contributed by atoms with Crippen molar-refractivity contribution in [3.05, 3.63) is 58.2 Å². The van der Waals surface area contributed by atoms with Crippen LogP contribution in [0, 0.1) is 28.6 Å². The van der Waals surface area contributed by atoms with E-state index in [1.54, 1.807) is 23.2 Å². The molecule has 16 nitrogen and oxygen atoms in total. The van der Waals surface area contributed by atoms with Crippen LogP contribution in [0.3, 0.4) is 0 Å². The highest BCUT2D eigenvalue weighted by Gasteiger charge is 2.39. The maximum Gasteiger partial charge on any atom is 0.298 e. The number of thiazole rings is 1. The highest BCUT2D eigenvalue weighted by molar-refractivity contribution is 7.10. The molecular formula is C56H79N9O7S. The molecule has 0 radical (unpaired) electrons. The van der Waals surface area contributed by atoms with Crippen LogP contribution in [0.4, 0.5) is 0 Å². The molecule has 4 aromatic rings. The smallest absolute Gasteiger partial charge is 0.298 e. The number of likely N-dealkylation sites (N-methyl/N-ethyl adjacent to an activating group) is 1. The van der Waals surface area contributed by atoms with Gasteiger partial charge in [-0.2, -0.15) is 0 Å². The van der Waals surface area contributed by atoms with E-state index in [9.17, 15) is 24.0 Å². The predicted octanol–water partition coefficient (Wildman–Crippen LogP) is 6.95. The number of hydrogen-bond donors (Lipinski definition) is 2. The molecule has 3 amide bonds. The minimum atomic E-state index is -0.893. The molecule has 0 spiro atoms. The van der Waals surface area contributed by atoms with Gasteiger partial charge in [-0.25, -0.2) is 10.4 Å². The number of aldehydes is 1. The van der Waals surface area contributed by atoms with Crippen molar-refractivity contribution in [2.45, 2.75) is 131 Å². The molecule has 0 saturated carbocycles. The van der Waals surface area contributed by atoms with Crippen LogP contribution in [0.5, 0.6) is 0 Å². The Morgan fingerprint density at radius 1 is 1.04 bits per heavy atom. The van der Waals surface area contributed by atoms with Crippen molar-refractivity contribution in [3.8, 4) is 34.4 Å². The van der Waals surface area contributed by atoms with Gasteiger partial charge in [-0.15, -0.1) is 11.3 Å². The number of aromatic nitrogens is 3. The Morgan fingerprint density at radius 3 is 2.41 bits per heavy atom. The summed E-state index contributed by atoms with van der Waals surface area (Å²) < 4.78 is 13.4. The summed E-state index contributed by atoms with van der Waals surface area (Å²) in [4.78, 5) is 81.7. The van der Waals surface area contributed by atoms with E-state index in [1.807, 2.05) is 77.0 Å². The lowest BCUT2D eigenvalue weighted by Crippen LogP contribution is -2.59. The molecule has 73 heavy (non-hydrogen) atoms. The lowest BCUT2D eigenvalue weighted by atomic mass is 9.76. The van der Waals surface area contributed by atoms with Gasteiger partial charge < -0.3 is 29.1 Å². The number of aryl methyl sites for hydroxylation is 1. The second-order valence-electron chi connectivity index (χ2n) is 21.8. The Labute approximate surface area is 436 Å². The predicted molar refractivity (Wildman–Crippen MR) is 287 cm³/mol. The van der Waals surface area contributed by atoms with Crippen LogP contribution in [0.1, 0.15) is 110 Å². The van der Waals surface area contributed by atoms with Crippen LogP contribution in [-0.4, -0.2) is 150 Å². The van der Waals surface area contributed by atoms with E-state index in [0.29, 0.717) is 76.4 Å². The first-order chi connectivity index (χ1) is 34.7. The molecule has 2 saturated heterocycles. The highest BCUT2D eigenvalue weighted by Crippen LogP contribution is 2.42. The summed E-state index contributed by atoms with van der Waals surface area (Å²) in [6.07, 6.45) is 6.71. The number of piperidine rings is 1. The van der Waals surface area contributed by atoms with Crippen molar-refractivity contribution in [2.24, 2.45) is 16.7 Å². The van der Waals surface area contributed by atoms with E-state index < -0.39 is 28.5 Å². The second-order valence-corrected chi connectivity index (χ2v) is 22.7. The van der Waals surface area contributed by atoms with Gasteiger partial charge in [0.15, 0.2) is 0 Å². The molecule has 2 N–H and O–H groups in total. The number of likely N-dealkylation sites (tertiary alicyclic amines) is 1. The van der Waals surface area contributed by atoms with Crippen molar-refractivity contribution in [1.82, 2.24) is 45.0 Å². The summed E-state index contributed by atoms with van der Waals surface area (Å²) in [5.41, 5.74) is 8.41. The molecule has 2 aliphatic rings. The highest BCUT2D eigenvalue weighted by atomic mass is 32.1. The summed E-state index contributed by atoms with van der Waals surface area (Å²) in [6, 6.07) is 8.94. The number of hydrogen-bond acceptors (Lipinski definition) is 13. The van der Waals surface area contributed by atoms with Gasteiger partial charge in [0.2, 0.25) is 5.91 Å². The number of nitrogens with zero attached hydrogens (tertiary/aromatic N) is 7. The van der Waals surface area contributed by atoms with Crippen molar-refractivity contribution in [1.29, 1.82) is 0 Å². The molecule has 2 fully saturated rings. The number of benzene rings is 1. The summed E-state index contributed by atoms with van der Waals surface area (Å²) in [7, 11) is 7.43. The van der Waals surface area contributed by atoms with Crippen molar-refractivity contribution in [3.63, 3.8) is 0 Å². The van der Waals surface area contributed by atoms with Crippen molar-refractivity contribution in [2.75, 3.05) is 67.6 Å². The first kappa shape index (κ1) is 56.8. The lowest BCUT2D eigenvalue weighted by Gasteiger charge is -2.39. The summed E-state index contributed by atoms with van der Waals surface area (Å²) in [6.45, 7) is 20.2. The third kappa shape index (κ3) is 13.6. The number of carbonyl (C=O) groups is 5. The van der Waals surface area contributed by atoms with Crippen LogP contribution < -0.4 is 10.7 Å². The molecule has 6 rings (SSSR count). The van der Waals surface area contributed by atoms with Crippen LogP contribution in [0.15, 0.2) is 41.9 Å². The number of methoxy groups -OCH3 is 1. The third-order valence-electron chi connectivity index (χ3n) is 15.0. The topological polar surface area (TPSA) is 172 Å². The lowest BCUT2D eigenvalue weighted by molar-refractivity contribution is -0.141. The molecule has 1 aromatic carbocycles. The molecule has 2 aliphatic heterocycles. The zero-order chi connectivity index (χ0) is 53.3. The third-order valence-corrected chi connectivity index (χ3v) is 15.8. The van der Waals surface area contributed by atoms with E-state index in [-0.39, 0.29) is 42.8 Å². The standard InChI is InChI=1S/C56H79N9O7S/c1-13-64-46-19-18-40(31-42(46)43(33-54(5,6)36-72-37-67)51(64)41-17-16-25-57-49(41)39(4)71-12)45-34-73-47(59-45)32-44(53(70)65-27-15-14-26-58-65)60-52(69)50(38(2)3)62(11)28-22-56(35-66)23-29-63(30-24-56)48(68)20-21-55(7,8)61(9)10/h16-19,25,31,34-35,37-39,44,50,58H,13-15,22-24,26-30,32-33,36H2,1-12H3,(H,60,69). The summed E-state index contributed by atoms with van der Waals surface area (Å²) in [5, 5.41) is 8.57. The number of rotatable bonds is 22. The summed E-state index contributed by atoms with van der Waals surface area (Å²) >= 11 is 1.46. The molecular weight excluding hydrogens is 943 g/mol. The SMILES string of the molecule is CCn1c(-c2cccnc2C(C)OC)c(CC(C)(C)COC=O)c2cc(-c3csc(CC(NC(=O)C(C(C)C)N(C)CCC4(C=O)CCN(C(=O)C#CC(C)(C)N(C)C)CC4)C(=O)N4CCCCN4)n3)ccc21. The van der Waals surface area contributed by atoms with Crippen molar-refractivity contribution < 1.29 is 33.4 Å². The van der Waals surface area contributed by atoms with E-state index >= 15 is 0 Å². The van der Waals surface area contributed by atoms with Crippen molar-refractivity contribution >= 4 is 52.7 Å². The number of nitrogens with one attached hydrogen (secondary N) is 2. The zero-order valence-electron chi connectivity index (χ0n) is 45.3. The number of amides is 3. The first-order valence-electron chi connectivity index (χ1n) is 25.8. The van der Waals surface area contributed by atoms with E-state index in [1.165, 1.54) is 11.3 Å². The summed E-state index contributed by atoms with van der Waals surface area (Å²) in [5.74, 6) is 5.06. The quantitative estimate of drug-likeness (QED) is 0.0615. The first-order valence-corrected chi connectivity index (χ1v) is 26.7. The Kier molecular flexibility index (Phi) is 19.2. The normalized spacial score (nSPS) is 16.5. The molecule has 3 unspecified atom stereocenters. The molecule has 17 heteroatoms. The maximum absolute atomic E-state index is 14.6. The monoisotopic (exact) mass is 1020 g/mol. The van der Waals surface area contributed by atoms with Gasteiger partial charge >= 0.3 is 0 Å². The van der Waals surface area contributed by atoms with Gasteiger partial charge in [0.05, 0.1) is 46.4 Å². The average Bonchev–Trinajstić information content (AvgIpc) is 3.97. The Hall–Kier alpha value is -5.51. The van der Waals surface area contributed by atoms with Crippen LogP contribution >= 0.6 is 11.3 Å². The van der Waals surface area contributed by atoms with Gasteiger partial charge in [0.1, 0.15) is 12.3 Å². The Balaban J connectivity index is 1.24. The number of hydrazine groups is 1. The maximum atomic E-state index is 14.6. The fourth-order valence-corrected chi connectivity index (χ4v) is 10.9. The molecule has 0 aliphatic carbocycles. The largest absolute Gasteiger partial charge is 0.467 e. The van der Waals surface area contributed by atoms with Gasteiger partial charge in [0, 0.05) is 90.7 Å². The van der Waals surface area contributed by atoms with Gasteiger partial charge in [-0.05, 0) is 136 Å². The van der Waals surface area contributed by atoms with Crippen LogP contribution in [-0.2, 0) is 52.8 Å². The Morgan fingerprint density at radius 2 is 1.78 bits per heavy atom. The van der Waals surface area contributed by atoms with E-state index in [2.05, 4.69) is 72.2 Å². The molecule has 3 aromatic heterocycles. The van der Waals surface area contributed by atoms with Gasteiger partial charge in [-0.3, -0.25) is 39.0 Å². The van der Waals surface area contributed by atoms with Gasteiger partial charge in [0.25, 0.3) is 18.3 Å². The number of pyridine rings is 1. The van der Waals surface area contributed by atoms with E-state index in [4.69, 9.17) is 19.4 Å². The van der Waals surface area contributed by atoms with E-state index in [0.717, 1.165) is 63.8 Å². The molecule has 396 valence electrons. The Bertz CT molecular complexity index is 2630. The van der Waals surface area contributed by atoms with Crippen LogP contribution in [0.2, 0.25) is 0 Å². The fourth-order valence-electron chi connectivity index (χ4n) is 10.0. The molecule has 3 atom stereocenters. The van der Waals surface area contributed by atoms with Gasteiger partial charge in [-0.1, -0.05) is 39.7 Å². The minimum Gasteiger partial charge on any atom is -0.467 e. The number of carbonyl (C=O) groups excluding carboxylic acids is 5. The molecule has 0 bridgehead atoms. The van der Waals surface area contributed by atoms with Crippen LogP contribution in [0.25, 0.3) is 33.4 Å².